The van der Waals surface area contributed by atoms with E-state index in [9.17, 15) is 18.3 Å². The van der Waals surface area contributed by atoms with Crippen molar-refractivity contribution in [3.05, 3.63) is 46.9 Å². The molecule has 5 rings (SSSR count). The molecule has 1 aromatic heterocycles. The van der Waals surface area contributed by atoms with E-state index in [1.807, 2.05) is 18.2 Å². The van der Waals surface area contributed by atoms with Gasteiger partial charge in [0.1, 0.15) is 17.2 Å². The molecule has 1 aromatic carbocycles. The van der Waals surface area contributed by atoms with Crippen molar-refractivity contribution in [2.75, 3.05) is 31.1 Å². The number of piperidine rings is 1. The second kappa shape index (κ2) is 7.50. The third kappa shape index (κ3) is 3.94. The average molecular weight is 455 g/mol. The van der Waals surface area contributed by atoms with Crippen LogP contribution in [0.1, 0.15) is 24.2 Å². The van der Waals surface area contributed by atoms with Crippen molar-refractivity contribution in [1.29, 1.82) is 0 Å². The zero-order chi connectivity index (χ0) is 21.8. The van der Waals surface area contributed by atoms with Crippen molar-refractivity contribution in [2.45, 2.75) is 43.2 Å². The lowest BCUT2D eigenvalue weighted by Gasteiger charge is -2.41. The highest BCUT2D eigenvalue weighted by Gasteiger charge is 2.45. The number of rotatable bonds is 2. The largest absolute Gasteiger partial charge is 0.487 e. The van der Waals surface area contributed by atoms with E-state index in [0.717, 1.165) is 49.9 Å². The molecular weight excluding hydrogens is 433 g/mol. The first-order valence-electron chi connectivity index (χ1n) is 10.3. The Labute approximate surface area is 182 Å². The summed E-state index contributed by atoms with van der Waals surface area (Å²) in [6.07, 6.45) is -1.71. The number of aliphatic hydroxyl groups excluding tert-OH is 1. The minimum absolute atomic E-state index is 0.167. The lowest BCUT2D eigenvalue weighted by atomic mass is 9.86. The fraction of sp³-hybridized carbons (Fsp3) is 0.524. The van der Waals surface area contributed by atoms with E-state index in [0.29, 0.717) is 11.6 Å². The number of anilines is 1. The van der Waals surface area contributed by atoms with Crippen LogP contribution in [-0.2, 0) is 12.6 Å². The zero-order valence-corrected chi connectivity index (χ0v) is 17.4. The number of β-amino-alcohol motifs (C(OH)–C–C–N with tert-alkyl or cyclic N) is 1. The Morgan fingerprint density at radius 2 is 1.94 bits per heavy atom. The van der Waals surface area contributed by atoms with Gasteiger partial charge in [0.15, 0.2) is 0 Å². The number of hydrogen-bond donors (Lipinski definition) is 1. The second-order valence-electron chi connectivity index (χ2n) is 8.53. The van der Waals surface area contributed by atoms with Crippen LogP contribution in [0.2, 0.25) is 5.02 Å². The van der Waals surface area contributed by atoms with E-state index < -0.39 is 18.1 Å². The van der Waals surface area contributed by atoms with Crippen LogP contribution in [0.4, 0.5) is 19.0 Å². The van der Waals surface area contributed by atoms with Gasteiger partial charge in [-0.05, 0) is 29.8 Å². The minimum Gasteiger partial charge on any atom is -0.487 e. The standard InChI is InChI=1S/C21H22ClF3N4O2/c22-14-1-2-17-13(9-14)10-20(31-17)4-7-28(8-5-20)15-11-29(12-16(15)30)18-3-6-26-19(27-18)21(23,24)25/h1-3,6,9,15-16,30H,4-5,7-8,10-12H2/t15?,16-/m1/s1. The van der Waals surface area contributed by atoms with Gasteiger partial charge >= 0.3 is 6.18 Å². The van der Waals surface area contributed by atoms with Crippen molar-refractivity contribution in [3.8, 4) is 5.75 Å². The molecule has 0 radical (unpaired) electrons. The summed E-state index contributed by atoms with van der Waals surface area (Å²) in [5.74, 6) is -0.0983. The average Bonchev–Trinajstić information content (AvgIpc) is 3.28. The van der Waals surface area contributed by atoms with Gasteiger partial charge in [-0.2, -0.15) is 13.2 Å². The predicted octanol–water partition coefficient (Wildman–Crippen LogP) is 3.17. The maximum Gasteiger partial charge on any atom is 0.451 e. The van der Waals surface area contributed by atoms with E-state index >= 15 is 0 Å². The van der Waals surface area contributed by atoms with E-state index in [4.69, 9.17) is 16.3 Å². The third-order valence-corrected chi connectivity index (χ3v) is 6.75. The van der Waals surface area contributed by atoms with Crippen LogP contribution in [-0.4, -0.2) is 63.9 Å². The number of likely N-dealkylation sites (tertiary alicyclic amines) is 1. The summed E-state index contributed by atoms with van der Waals surface area (Å²) in [7, 11) is 0. The summed E-state index contributed by atoms with van der Waals surface area (Å²) < 4.78 is 45.1. The molecule has 10 heteroatoms. The highest BCUT2D eigenvalue weighted by atomic mass is 35.5. The van der Waals surface area contributed by atoms with Crippen LogP contribution in [0, 0.1) is 0 Å². The predicted molar refractivity (Wildman–Crippen MR) is 108 cm³/mol. The van der Waals surface area contributed by atoms with Crippen molar-refractivity contribution in [2.24, 2.45) is 0 Å². The zero-order valence-electron chi connectivity index (χ0n) is 16.6. The summed E-state index contributed by atoms with van der Waals surface area (Å²) >= 11 is 6.11. The van der Waals surface area contributed by atoms with E-state index in [1.165, 1.54) is 6.07 Å². The molecule has 1 N–H and O–H groups in total. The van der Waals surface area contributed by atoms with E-state index in [-0.39, 0.29) is 24.0 Å². The molecule has 2 atom stereocenters. The maximum atomic E-state index is 12.9. The first kappa shape index (κ1) is 20.8. The van der Waals surface area contributed by atoms with Crippen molar-refractivity contribution in [3.63, 3.8) is 0 Å². The fourth-order valence-corrected chi connectivity index (χ4v) is 5.12. The number of alkyl halides is 3. The van der Waals surface area contributed by atoms with Crippen LogP contribution in [0.5, 0.6) is 5.75 Å². The first-order valence-corrected chi connectivity index (χ1v) is 10.7. The van der Waals surface area contributed by atoms with Gasteiger partial charge in [0, 0.05) is 56.7 Å². The minimum atomic E-state index is -4.60. The number of fused-ring (bicyclic) bond motifs is 1. The molecule has 0 bridgehead atoms. The Morgan fingerprint density at radius 3 is 2.68 bits per heavy atom. The fourth-order valence-electron chi connectivity index (χ4n) is 4.92. The van der Waals surface area contributed by atoms with Crippen LogP contribution >= 0.6 is 11.6 Å². The molecule has 166 valence electrons. The Hall–Kier alpha value is -2.10. The molecule has 1 unspecified atom stereocenters. The lowest BCUT2D eigenvalue weighted by Crippen LogP contribution is -2.53. The van der Waals surface area contributed by atoms with Crippen LogP contribution < -0.4 is 9.64 Å². The molecule has 4 heterocycles. The van der Waals surface area contributed by atoms with Crippen LogP contribution in [0.3, 0.4) is 0 Å². The van der Waals surface area contributed by atoms with Crippen molar-refractivity contribution in [1.82, 2.24) is 14.9 Å². The monoisotopic (exact) mass is 454 g/mol. The molecular formula is C21H22ClF3N4O2. The molecule has 0 aliphatic carbocycles. The van der Waals surface area contributed by atoms with Crippen molar-refractivity contribution < 1.29 is 23.0 Å². The van der Waals surface area contributed by atoms with Crippen molar-refractivity contribution >= 4 is 17.4 Å². The number of ether oxygens (including phenoxy) is 1. The molecule has 3 aliphatic heterocycles. The normalized spacial score (nSPS) is 25.6. The summed E-state index contributed by atoms with van der Waals surface area (Å²) in [5.41, 5.74) is 0.873. The molecule has 6 nitrogen and oxygen atoms in total. The van der Waals surface area contributed by atoms with Gasteiger partial charge in [0.05, 0.1) is 12.1 Å². The maximum absolute atomic E-state index is 12.9. The summed E-state index contributed by atoms with van der Waals surface area (Å²) in [4.78, 5) is 10.9. The van der Waals surface area contributed by atoms with Gasteiger partial charge < -0.3 is 14.7 Å². The Kier molecular flexibility index (Phi) is 5.02. The van der Waals surface area contributed by atoms with Gasteiger partial charge in [0.25, 0.3) is 0 Å². The van der Waals surface area contributed by atoms with Gasteiger partial charge in [-0.1, -0.05) is 11.6 Å². The molecule has 1 spiro atoms. The first-order chi connectivity index (χ1) is 14.7. The van der Waals surface area contributed by atoms with E-state index in [2.05, 4.69) is 14.9 Å². The lowest BCUT2D eigenvalue weighted by molar-refractivity contribution is -0.144. The molecule has 2 fully saturated rings. The summed E-state index contributed by atoms with van der Waals surface area (Å²) in [5, 5.41) is 11.3. The molecule has 2 aromatic rings. The van der Waals surface area contributed by atoms with Crippen LogP contribution in [0.25, 0.3) is 0 Å². The van der Waals surface area contributed by atoms with Gasteiger partial charge in [-0.25, -0.2) is 9.97 Å². The molecule has 31 heavy (non-hydrogen) atoms. The smallest absolute Gasteiger partial charge is 0.451 e. The quantitative estimate of drug-likeness (QED) is 0.752. The highest BCUT2D eigenvalue weighted by molar-refractivity contribution is 6.30. The number of hydrogen-bond acceptors (Lipinski definition) is 6. The molecule has 0 amide bonds. The summed E-state index contributed by atoms with van der Waals surface area (Å²) in [6, 6.07) is 6.97. The second-order valence-corrected chi connectivity index (χ2v) is 8.96. The van der Waals surface area contributed by atoms with Gasteiger partial charge in [-0.15, -0.1) is 0 Å². The number of aliphatic hydroxyl groups is 1. The van der Waals surface area contributed by atoms with E-state index in [1.54, 1.807) is 4.90 Å². The molecule has 3 aliphatic rings. The Morgan fingerprint density at radius 1 is 1.16 bits per heavy atom. The number of halogens is 4. The number of nitrogens with zero attached hydrogens (tertiary/aromatic N) is 4. The molecule has 0 saturated carbocycles. The Balaban J connectivity index is 1.24. The number of aromatic nitrogens is 2. The topological polar surface area (TPSA) is 61.7 Å². The SMILES string of the molecule is O[C@@H]1CN(c2ccnc(C(F)(F)F)n2)CC1N1CCC2(CC1)Cc1cc(Cl)ccc1O2. The van der Waals surface area contributed by atoms with Crippen LogP contribution in [0.15, 0.2) is 30.5 Å². The van der Waals surface area contributed by atoms with Gasteiger partial charge in [0.2, 0.25) is 5.82 Å². The number of benzene rings is 1. The summed E-state index contributed by atoms with van der Waals surface area (Å²) in [6.45, 7) is 2.14. The Bertz CT molecular complexity index is 981. The molecule has 2 saturated heterocycles. The van der Waals surface area contributed by atoms with Gasteiger partial charge in [-0.3, -0.25) is 4.90 Å². The third-order valence-electron chi connectivity index (χ3n) is 6.52. The highest BCUT2D eigenvalue weighted by Crippen LogP contribution is 2.42.